The Bertz CT molecular complexity index is 591. The average molecular weight is 474 g/mol. The van der Waals surface area contributed by atoms with E-state index in [0.717, 1.165) is 36.7 Å². The third kappa shape index (κ3) is 7.39. The monoisotopic (exact) mass is 474 g/mol. The number of hydrogen-bond donors (Lipinski definition) is 3. The standard InChI is InChI=1S/C19H30N4O2.HI/c1-4-20-19(22-12-11-21-18(24)15-9-10-15)23-13-14(2)16-7-5-6-8-17(16)25-3;/h5-8,14-15H,4,9-13H2,1-3H3,(H,21,24)(H2,20,22,23);1H. The van der Waals surface area contributed by atoms with Gasteiger partial charge in [0.1, 0.15) is 5.75 Å². The Morgan fingerprint density at radius 3 is 2.58 bits per heavy atom. The van der Waals surface area contributed by atoms with Crippen molar-refractivity contribution >= 4 is 35.8 Å². The van der Waals surface area contributed by atoms with E-state index in [9.17, 15) is 4.79 Å². The summed E-state index contributed by atoms with van der Waals surface area (Å²) in [5.74, 6) is 2.34. The molecule has 7 heteroatoms. The van der Waals surface area contributed by atoms with Crippen LogP contribution in [0.5, 0.6) is 5.75 Å². The Balaban J connectivity index is 0.00000338. The van der Waals surface area contributed by atoms with E-state index in [2.05, 4.69) is 33.9 Å². The average Bonchev–Trinajstić information content (AvgIpc) is 3.47. The number of amides is 1. The summed E-state index contributed by atoms with van der Waals surface area (Å²) in [6.45, 7) is 6.90. The predicted molar refractivity (Wildman–Crippen MR) is 117 cm³/mol. The molecule has 146 valence electrons. The molecule has 1 aromatic rings. The van der Waals surface area contributed by atoms with Crippen LogP contribution in [0.4, 0.5) is 0 Å². The van der Waals surface area contributed by atoms with Crippen molar-refractivity contribution in [2.24, 2.45) is 10.9 Å². The van der Waals surface area contributed by atoms with Crippen LogP contribution in [0.2, 0.25) is 0 Å². The molecule has 0 radical (unpaired) electrons. The molecular weight excluding hydrogens is 443 g/mol. The summed E-state index contributed by atoms with van der Waals surface area (Å²) in [6, 6.07) is 8.04. The Morgan fingerprint density at radius 2 is 1.92 bits per heavy atom. The zero-order chi connectivity index (χ0) is 18.1. The second-order valence-corrected chi connectivity index (χ2v) is 6.35. The van der Waals surface area contributed by atoms with E-state index in [0.29, 0.717) is 19.6 Å². The predicted octanol–water partition coefficient (Wildman–Crippen LogP) is 2.50. The fraction of sp³-hybridized carbons (Fsp3) is 0.579. The van der Waals surface area contributed by atoms with E-state index in [1.807, 2.05) is 25.1 Å². The molecule has 26 heavy (non-hydrogen) atoms. The molecule has 0 heterocycles. The van der Waals surface area contributed by atoms with Crippen molar-refractivity contribution < 1.29 is 9.53 Å². The van der Waals surface area contributed by atoms with Gasteiger partial charge >= 0.3 is 0 Å². The van der Waals surface area contributed by atoms with Crippen molar-refractivity contribution in [3.63, 3.8) is 0 Å². The van der Waals surface area contributed by atoms with Gasteiger partial charge in [0.15, 0.2) is 5.96 Å². The molecule has 1 saturated carbocycles. The summed E-state index contributed by atoms with van der Waals surface area (Å²) >= 11 is 0. The SMILES string of the molecule is CCNC(=NCC(C)c1ccccc1OC)NCCNC(=O)C1CC1.I. The van der Waals surface area contributed by atoms with Crippen LogP contribution in [0.1, 0.15) is 38.2 Å². The summed E-state index contributed by atoms with van der Waals surface area (Å²) in [5, 5.41) is 9.45. The maximum absolute atomic E-state index is 11.6. The van der Waals surface area contributed by atoms with Gasteiger partial charge < -0.3 is 20.7 Å². The summed E-state index contributed by atoms with van der Waals surface area (Å²) in [5.41, 5.74) is 1.15. The lowest BCUT2D eigenvalue weighted by Crippen LogP contribution is -2.42. The number of para-hydroxylation sites is 1. The number of hydrogen-bond acceptors (Lipinski definition) is 3. The van der Waals surface area contributed by atoms with Crippen molar-refractivity contribution in [3.05, 3.63) is 29.8 Å². The normalized spacial score (nSPS) is 14.8. The van der Waals surface area contributed by atoms with Crippen molar-refractivity contribution in [1.29, 1.82) is 0 Å². The first-order valence-electron chi connectivity index (χ1n) is 9.08. The van der Waals surface area contributed by atoms with Gasteiger partial charge in [-0.05, 0) is 31.4 Å². The highest BCUT2D eigenvalue weighted by Gasteiger charge is 2.28. The quantitative estimate of drug-likeness (QED) is 0.223. The lowest BCUT2D eigenvalue weighted by molar-refractivity contribution is -0.122. The molecule has 0 aromatic heterocycles. The van der Waals surface area contributed by atoms with Crippen LogP contribution in [0.15, 0.2) is 29.3 Å². The molecule has 0 bridgehead atoms. The molecule has 1 atom stereocenters. The van der Waals surface area contributed by atoms with E-state index >= 15 is 0 Å². The lowest BCUT2D eigenvalue weighted by Gasteiger charge is -2.16. The highest BCUT2D eigenvalue weighted by Crippen LogP contribution is 2.28. The number of ether oxygens (including phenoxy) is 1. The van der Waals surface area contributed by atoms with Gasteiger partial charge in [0, 0.05) is 38.0 Å². The first-order valence-corrected chi connectivity index (χ1v) is 9.08. The van der Waals surface area contributed by atoms with E-state index in [1.165, 1.54) is 0 Å². The fourth-order valence-corrected chi connectivity index (χ4v) is 2.60. The molecule has 1 unspecified atom stereocenters. The molecule has 0 aliphatic heterocycles. The zero-order valence-electron chi connectivity index (χ0n) is 15.9. The second-order valence-electron chi connectivity index (χ2n) is 6.35. The van der Waals surface area contributed by atoms with Crippen molar-refractivity contribution in [3.8, 4) is 5.75 Å². The van der Waals surface area contributed by atoms with Gasteiger partial charge in [0.2, 0.25) is 5.91 Å². The summed E-state index contributed by atoms with van der Waals surface area (Å²) in [7, 11) is 1.69. The van der Waals surface area contributed by atoms with Crippen LogP contribution in [0, 0.1) is 5.92 Å². The number of rotatable bonds is 9. The molecular formula is C19H31IN4O2. The molecule has 0 spiro atoms. The first kappa shape index (κ1) is 22.5. The minimum atomic E-state index is 0. The molecule has 3 N–H and O–H groups in total. The maximum Gasteiger partial charge on any atom is 0.223 e. The molecule has 2 rings (SSSR count). The summed E-state index contributed by atoms with van der Waals surface area (Å²) < 4.78 is 5.43. The number of nitrogens with one attached hydrogen (secondary N) is 3. The van der Waals surface area contributed by atoms with Crippen LogP contribution in [-0.2, 0) is 4.79 Å². The molecule has 1 aliphatic carbocycles. The molecule has 1 aromatic carbocycles. The highest BCUT2D eigenvalue weighted by atomic mass is 127. The van der Waals surface area contributed by atoms with E-state index in [4.69, 9.17) is 4.74 Å². The van der Waals surface area contributed by atoms with Crippen LogP contribution in [0.25, 0.3) is 0 Å². The summed E-state index contributed by atoms with van der Waals surface area (Å²) in [4.78, 5) is 16.3. The van der Waals surface area contributed by atoms with Crippen LogP contribution < -0.4 is 20.7 Å². The second kappa shape index (κ2) is 12.0. The number of benzene rings is 1. The summed E-state index contributed by atoms with van der Waals surface area (Å²) in [6.07, 6.45) is 2.06. The van der Waals surface area contributed by atoms with Gasteiger partial charge in [-0.25, -0.2) is 0 Å². The molecule has 1 amide bonds. The van der Waals surface area contributed by atoms with Crippen molar-refractivity contribution in [1.82, 2.24) is 16.0 Å². The van der Waals surface area contributed by atoms with Crippen LogP contribution in [0.3, 0.4) is 0 Å². The lowest BCUT2D eigenvalue weighted by atomic mass is 10.0. The number of nitrogens with zero attached hydrogens (tertiary/aromatic N) is 1. The van der Waals surface area contributed by atoms with Gasteiger partial charge in [0.25, 0.3) is 0 Å². The topological polar surface area (TPSA) is 74.8 Å². The molecule has 1 aliphatic rings. The number of aliphatic imine (C=N–C) groups is 1. The number of carbonyl (C=O) groups excluding carboxylic acids is 1. The molecule has 6 nitrogen and oxygen atoms in total. The van der Waals surface area contributed by atoms with Gasteiger partial charge in [0.05, 0.1) is 7.11 Å². The van der Waals surface area contributed by atoms with E-state index in [-0.39, 0.29) is 41.7 Å². The fourth-order valence-electron chi connectivity index (χ4n) is 2.60. The Hall–Kier alpha value is -1.51. The molecule has 0 saturated heterocycles. The third-order valence-corrected chi connectivity index (χ3v) is 4.20. The maximum atomic E-state index is 11.6. The van der Waals surface area contributed by atoms with Gasteiger partial charge in [-0.2, -0.15) is 0 Å². The van der Waals surface area contributed by atoms with E-state index < -0.39 is 0 Å². The van der Waals surface area contributed by atoms with Crippen LogP contribution in [-0.4, -0.2) is 45.2 Å². The number of halogens is 1. The van der Waals surface area contributed by atoms with Gasteiger partial charge in [-0.15, -0.1) is 24.0 Å². The number of carbonyl (C=O) groups is 1. The van der Waals surface area contributed by atoms with Crippen molar-refractivity contribution in [2.75, 3.05) is 33.3 Å². The minimum absolute atomic E-state index is 0. The minimum Gasteiger partial charge on any atom is -0.496 e. The van der Waals surface area contributed by atoms with Gasteiger partial charge in [-0.1, -0.05) is 25.1 Å². The molecule has 1 fully saturated rings. The highest BCUT2D eigenvalue weighted by molar-refractivity contribution is 14.0. The Labute approximate surface area is 173 Å². The first-order chi connectivity index (χ1) is 12.2. The number of methoxy groups -OCH3 is 1. The Morgan fingerprint density at radius 1 is 1.23 bits per heavy atom. The third-order valence-electron chi connectivity index (χ3n) is 4.20. The van der Waals surface area contributed by atoms with Gasteiger partial charge in [-0.3, -0.25) is 9.79 Å². The largest absolute Gasteiger partial charge is 0.496 e. The van der Waals surface area contributed by atoms with Crippen LogP contribution >= 0.6 is 24.0 Å². The van der Waals surface area contributed by atoms with E-state index in [1.54, 1.807) is 7.11 Å². The smallest absolute Gasteiger partial charge is 0.223 e. The zero-order valence-corrected chi connectivity index (χ0v) is 18.2. The Kier molecular flexibility index (Phi) is 10.4. The number of guanidine groups is 1. The van der Waals surface area contributed by atoms with Crippen molar-refractivity contribution in [2.45, 2.75) is 32.6 Å².